The first-order valence-electron chi connectivity index (χ1n) is 7.29. The first-order valence-corrected chi connectivity index (χ1v) is 8.90. The van der Waals surface area contributed by atoms with Crippen molar-refractivity contribution in [2.24, 2.45) is 0 Å². The Bertz CT molecular complexity index is 549. The number of rotatable bonds is 5. The summed E-state index contributed by atoms with van der Waals surface area (Å²) in [7, 11) is 0. The molecule has 0 saturated heterocycles. The van der Waals surface area contributed by atoms with Gasteiger partial charge >= 0.3 is 0 Å². The average molecular weight is 354 g/mol. The highest BCUT2D eigenvalue weighted by Crippen LogP contribution is 2.38. The average Bonchev–Trinajstić information content (AvgIpc) is 3.05. The third kappa shape index (κ3) is 3.35. The molecule has 0 aromatic carbocycles. The summed E-state index contributed by atoms with van der Waals surface area (Å²) >= 11 is 5.52. The quantitative estimate of drug-likeness (QED) is 0.809. The number of fused-ring (bicyclic) bond motifs is 1. The van der Waals surface area contributed by atoms with E-state index in [2.05, 4.69) is 40.3 Å². The molecule has 20 heavy (non-hydrogen) atoms. The van der Waals surface area contributed by atoms with Crippen LogP contribution in [0.25, 0.3) is 0 Å². The van der Waals surface area contributed by atoms with Crippen LogP contribution in [-0.4, -0.2) is 6.04 Å². The molecule has 1 N–H and O–H groups in total. The predicted octanol–water partition coefficient (Wildman–Crippen LogP) is 5.09. The lowest BCUT2D eigenvalue weighted by Crippen LogP contribution is -2.32. The second-order valence-corrected chi connectivity index (χ2v) is 8.08. The maximum absolute atomic E-state index is 5.40. The molecule has 3 rings (SSSR count). The Morgan fingerprint density at radius 2 is 2.45 bits per heavy atom. The Labute approximate surface area is 132 Å². The van der Waals surface area contributed by atoms with Gasteiger partial charge in [-0.2, -0.15) is 0 Å². The molecule has 4 heteroatoms. The normalized spacial score (nSPS) is 19.8. The van der Waals surface area contributed by atoms with Crippen LogP contribution >= 0.6 is 27.3 Å². The molecule has 0 spiro atoms. The zero-order valence-corrected chi connectivity index (χ0v) is 14.1. The summed E-state index contributed by atoms with van der Waals surface area (Å²) in [6, 6.07) is 7.35. The second-order valence-electron chi connectivity index (χ2n) is 5.56. The number of nitrogens with one attached hydrogen (secondary N) is 1. The van der Waals surface area contributed by atoms with Crippen molar-refractivity contribution in [3.05, 3.63) is 44.4 Å². The minimum atomic E-state index is 0.509. The zero-order chi connectivity index (χ0) is 13.9. The van der Waals surface area contributed by atoms with Crippen LogP contribution in [0, 0.1) is 0 Å². The van der Waals surface area contributed by atoms with Crippen molar-refractivity contribution >= 4 is 27.3 Å². The van der Waals surface area contributed by atoms with Crippen molar-refractivity contribution in [2.45, 2.75) is 51.1 Å². The van der Waals surface area contributed by atoms with Gasteiger partial charge in [0.1, 0.15) is 5.76 Å². The van der Waals surface area contributed by atoms with Crippen molar-refractivity contribution in [3.8, 4) is 0 Å². The fourth-order valence-electron chi connectivity index (χ4n) is 2.93. The molecule has 108 valence electrons. The van der Waals surface area contributed by atoms with Gasteiger partial charge < -0.3 is 9.73 Å². The van der Waals surface area contributed by atoms with E-state index in [4.69, 9.17) is 4.42 Å². The topological polar surface area (TPSA) is 25.2 Å². The van der Waals surface area contributed by atoms with E-state index in [-0.39, 0.29) is 0 Å². The van der Waals surface area contributed by atoms with Crippen LogP contribution in [0.5, 0.6) is 0 Å². The molecule has 2 nitrogen and oxygen atoms in total. The molecule has 1 aliphatic rings. The van der Waals surface area contributed by atoms with Crippen LogP contribution in [0.15, 0.2) is 32.7 Å². The van der Waals surface area contributed by atoms with Crippen LogP contribution in [0.2, 0.25) is 0 Å². The zero-order valence-electron chi connectivity index (χ0n) is 11.7. The molecule has 2 heterocycles. The predicted molar refractivity (Wildman–Crippen MR) is 87.3 cm³/mol. The smallest absolute Gasteiger partial charge is 0.103 e. The highest BCUT2D eigenvalue weighted by Gasteiger charge is 2.23. The first kappa shape index (κ1) is 14.4. The third-order valence-electron chi connectivity index (χ3n) is 3.97. The number of furan rings is 1. The molecule has 2 aromatic heterocycles. The van der Waals surface area contributed by atoms with E-state index in [1.165, 1.54) is 28.6 Å². The van der Waals surface area contributed by atoms with Gasteiger partial charge in [0.05, 0.1) is 10.0 Å². The van der Waals surface area contributed by atoms with Gasteiger partial charge in [-0.15, -0.1) is 11.3 Å². The summed E-state index contributed by atoms with van der Waals surface area (Å²) in [6.45, 7) is 2.28. The van der Waals surface area contributed by atoms with Gasteiger partial charge in [0.2, 0.25) is 0 Å². The molecular weight excluding hydrogens is 334 g/mol. The summed E-state index contributed by atoms with van der Waals surface area (Å²) < 4.78 is 6.66. The molecule has 2 atom stereocenters. The van der Waals surface area contributed by atoms with Crippen LogP contribution in [0.3, 0.4) is 0 Å². The fourth-order valence-corrected chi connectivity index (χ4v) is 4.75. The highest BCUT2D eigenvalue weighted by molar-refractivity contribution is 9.11. The summed E-state index contributed by atoms with van der Waals surface area (Å²) in [5, 5.41) is 3.79. The lowest BCUT2D eigenvalue weighted by Gasteiger charge is -2.27. The molecule has 0 fully saturated rings. The standard InChI is InChI=1S/C16H20BrNOS/c1-11(7-8-12-4-3-9-19-12)18-14-5-2-6-15-13(14)10-16(17)20-15/h3-4,9-11,14,18H,2,5-8H2,1H3. The number of halogens is 1. The van der Waals surface area contributed by atoms with Gasteiger partial charge in [-0.1, -0.05) is 0 Å². The Kier molecular flexibility index (Phi) is 4.64. The van der Waals surface area contributed by atoms with Crippen molar-refractivity contribution in [1.82, 2.24) is 5.32 Å². The maximum atomic E-state index is 5.40. The van der Waals surface area contributed by atoms with Crippen LogP contribution in [0.1, 0.15) is 48.4 Å². The lowest BCUT2D eigenvalue weighted by molar-refractivity contribution is 0.388. The lowest BCUT2D eigenvalue weighted by atomic mass is 9.93. The monoisotopic (exact) mass is 353 g/mol. The van der Waals surface area contributed by atoms with Crippen molar-refractivity contribution in [2.75, 3.05) is 0 Å². The SMILES string of the molecule is CC(CCc1ccco1)NC1CCCc2sc(Br)cc21. The van der Waals surface area contributed by atoms with Gasteiger partial charge in [-0.05, 0) is 72.3 Å². The largest absolute Gasteiger partial charge is 0.469 e. The Balaban J connectivity index is 1.57. The summed E-state index contributed by atoms with van der Waals surface area (Å²) in [6.07, 6.45) is 7.66. The van der Waals surface area contributed by atoms with Gasteiger partial charge in [0, 0.05) is 23.4 Å². The number of hydrogen-bond acceptors (Lipinski definition) is 3. The van der Waals surface area contributed by atoms with Crippen LogP contribution < -0.4 is 5.32 Å². The summed E-state index contributed by atoms with van der Waals surface area (Å²) in [4.78, 5) is 1.55. The van der Waals surface area contributed by atoms with E-state index in [1.54, 1.807) is 11.1 Å². The van der Waals surface area contributed by atoms with E-state index in [1.807, 2.05) is 17.4 Å². The van der Waals surface area contributed by atoms with Crippen molar-refractivity contribution < 1.29 is 4.42 Å². The summed E-state index contributed by atoms with van der Waals surface area (Å²) in [5.41, 5.74) is 1.51. The van der Waals surface area contributed by atoms with Gasteiger partial charge in [-0.25, -0.2) is 0 Å². The molecule has 0 saturated carbocycles. The molecular formula is C16H20BrNOS. The van der Waals surface area contributed by atoms with E-state index >= 15 is 0 Å². The summed E-state index contributed by atoms with van der Waals surface area (Å²) in [5.74, 6) is 1.08. The maximum Gasteiger partial charge on any atom is 0.103 e. The molecule has 1 aliphatic carbocycles. The van der Waals surface area contributed by atoms with E-state index in [0.717, 1.165) is 18.6 Å². The molecule has 2 unspecified atom stereocenters. The van der Waals surface area contributed by atoms with Gasteiger partial charge in [0.15, 0.2) is 0 Å². The molecule has 0 bridgehead atoms. The number of hydrogen-bond donors (Lipinski definition) is 1. The van der Waals surface area contributed by atoms with Crippen molar-refractivity contribution in [1.29, 1.82) is 0 Å². The van der Waals surface area contributed by atoms with Crippen molar-refractivity contribution in [3.63, 3.8) is 0 Å². The molecule has 0 amide bonds. The Morgan fingerprint density at radius 3 is 3.25 bits per heavy atom. The molecule has 0 radical (unpaired) electrons. The highest BCUT2D eigenvalue weighted by atomic mass is 79.9. The molecule has 2 aromatic rings. The van der Waals surface area contributed by atoms with E-state index in [9.17, 15) is 0 Å². The Morgan fingerprint density at radius 1 is 1.55 bits per heavy atom. The van der Waals surface area contributed by atoms with E-state index < -0.39 is 0 Å². The van der Waals surface area contributed by atoms with Crippen LogP contribution in [-0.2, 0) is 12.8 Å². The molecule has 0 aliphatic heterocycles. The van der Waals surface area contributed by atoms with Gasteiger partial charge in [0.25, 0.3) is 0 Å². The van der Waals surface area contributed by atoms with Gasteiger partial charge in [-0.3, -0.25) is 0 Å². The fraction of sp³-hybridized carbons (Fsp3) is 0.500. The van der Waals surface area contributed by atoms with E-state index in [0.29, 0.717) is 12.1 Å². The minimum Gasteiger partial charge on any atom is -0.469 e. The Hall–Kier alpha value is -0.580. The number of aryl methyl sites for hydroxylation is 2. The third-order valence-corrected chi connectivity index (χ3v) is 5.69. The minimum absolute atomic E-state index is 0.509. The van der Waals surface area contributed by atoms with Crippen LogP contribution in [0.4, 0.5) is 0 Å². The first-order chi connectivity index (χ1) is 9.72. The second kappa shape index (κ2) is 6.46. The number of thiophene rings is 1.